The molecule has 0 aliphatic rings. The van der Waals surface area contributed by atoms with E-state index in [1.165, 1.54) is 12.8 Å². The van der Waals surface area contributed by atoms with Gasteiger partial charge in [0.15, 0.2) is 33.3 Å². The fraction of sp³-hybridized carbons (Fsp3) is 1.00. The molecule has 0 radical (unpaired) electrons. The first-order valence-corrected chi connectivity index (χ1v) is 102. The second-order valence-electron chi connectivity index (χ2n) is 39.5. The quantitative estimate of drug-likeness (QED) is 0.0441. The molecule has 0 bridgehead atoms. The lowest BCUT2D eigenvalue weighted by Crippen LogP contribution is -2.62. The molecule has 1 N–H and O–H groups in total. The Morgan fingerprint density at radius 3 is 0.415 bits per heavy atom. The molecule has 0 aliphatic heterocycles. The number of hydrogen-bond donors (Lipinski definition) is 1. The fourth-order valence-electron chi connectivity index (χ4n) is 15.6. The van der Waals surface area contributed by atoms with Gasteiger partial charge in [-0.05, 0) is 325 Å². The first-order chi connectivity index (χ1) is 46.4. The summed E-state index contributed by atoms with van der Waals surface area (Å²) in [5.41, 5.74) is 0. The van der Waals surface area contributed by atoms with Gasteiger partial charge in [0.25, 0.3) is 0 Å². The van der Waals surface area contributed by atoms with Gasteiger partial charge in [0, 0.05) is 13.2 Å². The first-order valence-electron chi connectivity index (χ1n) is 39.2. The summed E-state index contributed by atoms with van der Waals surface area (Å²) in [5, 5.41) is 10.8. The number of unbranched alkanes of at least 4 members (excludes halogenated alkanes) is 2. The number of ether oxygens (including phenoxy) is 2. The lowest BCUT2D eigenvalue weighted by atomic mass is 10.4. The van der Waals surface area contributed by atoms with E-state index in [1.807, 2.05) is 0 Å². The van der Waals surface area contributed by atoms with Crippen molar-refractivity contribution in [3.05, 3.63) is 0 Å². The SMILES string of the molecule is CCCC[Si](C)(C)O[Si](C)(C)O[Si](C)(C)O[Si](C)(C)O[Si](C)(C)O[Si](C)(C)O[Si](C)(C)O[Si](C)(C)O[Si](C)(C)O[Si](C)(C)O[Si](C)(C)CCCOCC(O)COCCC[Si](C)(C)O[Si](C)(C)O[Si](C)(C)O[Si](C)(C)O[Si](C)(C)O[Si](C)(C)O[Si](C)(C)O[Si](C)(C)O[Si](C)(C)O[Si](C)(C)O[Si](C)(C)CCCC. The van der Waals surface area contributed by atoms with Crippen LogP contribution in [0.1, 0.15) is 52.4 Å². The molecule has 0 amide bonds. The molecule has 0 unspecified atom stereocenters. The van der Waals surface area contributed by atoms with Crippen LogP contribution in [0.4, 0.5) is 0 Å². The minimum atomic E-state index is -2.81. The summed E-state index contributed by atoms with van der Waals surface area (Å²) < 4.78 is 150. The van der Waals surface area contributed by atoms with Crippen molar-refractivity contribution in [2.24, 2.45) is 0 Å². The van der Waals surface area contributed by atoms with E-state index in [2.05, 4.69) is 302 Å². The molecule has 45 heteroatoms. The Morgan fingerprint density at radius 1 is 0.179 bits per heavy atom. The lowest BCUT2D eigenvalue weighted by molar-refractivity contribution is -0.0186. The summed E-state index contributed by atoms with van der Waals surface area (Å²) in [4.78, 5) is 0. The highest BCUT2D eigenvalue weighted by molar-refractivity contribution is 6.96. The van der Waals surface area contributed by atoms with Crippen LogP contribution in [0.25, 0.3) is 0 Å². The van der Waals surface area contributed by atoms with Crippen LogP contribution >= 0.6 is 0 Å². The van der Waals surface area contributed by atoms with Gasteiger partial charge in [-0.3, -0.25) is 0 Å². The van der Waals surface area contributed by atoms with Crippen LogP contribution in [-0.4, -0.2) is 225 Å². The maximum atomic E-state index is 10.8. The second kappa shape index (κ2) is 41.4. The molecule has 638 valence electrons. The van der Waals surface area contributed by atoms with Gasteiger partial charge < -0.3 is 96.9 Å². The van der Waals surface area contributed by atoms with Crippen molar-refractivity contribution in [2.75, 3.05) is 26.4 Å². The van der Waals surface area contributed by atoms with Crippen molar-refractivity contribution in [1.29, 1.82) is 0 Å². The summed E-state index contributed by atoms with van der Waals surface area (Å²) in [6.45, 7) is 99.4. The number of aliphatic hydroxyl groups excluding tert-OH is 1. The minimum absolute atomic E-state index is 0.198. The molecule has 0 saturated carbocycles. The van der Waals surface area contributed by atoms with Crippen LogP contribution in [-0.2, 0) is 91.8 Å². The molecule has 0 aromatic carbocycles. The molecule has 106 heavy (non-hydrogen) atoms. The molecular weight excluding hydrogens is 1720 g/mol. The minimum Gasteiger partial charge on any atom is -0.436 e. The summed E-state index contributed by atoms with van der Waals surface area (Å²) >= 11 is 0. The van der Waals surface area contributed by atoms with E-state index in [0.29, 0.717) is 13.2 Å². The Labute approximate surface area is 675 Å². The van der Waals surface area contributed by atoms with E-state index >= 15 is 0 Å². The van der Waals surface area contributed by atoms with E-state index in [1.54, 1.807) is 0 Å². The van der Waals surface area contributed by atoms with Gasteiger partial charge >= 0.3 is 154 Å². The second-order valence-corrected chi connectivity index (χ2v) is 122. The molecular formula is C61H168O23Si22. The van der Waals surface area contributed by atoms with Crippen molar-refractivity contribution in [2.45, 2.75) is 371 Å². The Hall–Kier alpha value is 3.85. The summed E-state index contributed by atoms with van der Waals surface area (Å²) in [6, 6.07) is 4.01. The van der Waals surface area contributed by atoms with Crippen LogP contribution < -0.4 is 0 Å². The maximum absolute atomic E-state index is 10.8. The van der Waals surface area contributed by atoms with Gasteiger partial charge in [-0.15, -0.1) is 0 Å². The van der Waals surface area contributed by atoms with Gasteiger partial charge in [0.2, 0.25) is 0 Å². The lowest BCUT2D eigenvalue weighted by Gasteiger charge is -2.45. The largest absolute Gasteiger partial charge is 0.436 e. The van der Waals surface area contributed by atoms with E-state index < -0.39 is 193 Å². The molecule has 0 atom stereocenters. The van der Waals surface area contributed by atoms with Gasteiger partial charge in [-0.1, -0.05) is 39.5 Å². The molecule has 0 aliphatic carbocycles. The molecule has 0 rings (SSSR count). The van der Waals surface area contributed by atoms with E-state index in [-0.39, 0.29) is 13.2 Å². The van der Waals surface area contributed by atoms with E-state index in [0.717, 1.165) is 49.9 Å². The normalized spacial score (nSPS) is 15.6. The molecule has 0 saturated heterocycles. The van der Waals surface area contributed by atoms with Crippen molar-refractivity contribution in [1.82, 2.24) is 0 Å². The van der Waals surface area contributed by atoms with Crippen LogP contribution in [0.3, 0.4) is 0 Å². The molecule has 0 spiro atoms. The van der Waals surface area contributed by atoms with Gasteiger partial charge in [-0.2, -0.15) is 0 Å². The van der Waals surface area contributed by atoms with Crippen LogP contribution in [0, 0.1) is 0 Å². The van der Waals surface area contributed by atoms with Crippen molar-refractivity contribution >= 4 is 187 Å². The van der Waals surface area contributed by atoms with E-state index in [4.69, 9.17) is 91.8 Å². The third kappa shape index (κ3) is 53.4. The highest BCUT2D eigenvalue weighted by Gasteiger charge is 2.55. The zero-order chi connectivity index (χ0) is 84.0. The molecule has 23 nitrogen and oxygen atoms in total. The predicted molar refractivity (Wildman–Crippen MR) is 492 cm³/mol. The van der Waals surface area contributed by atoms with Crippen molar-refractivity contribution in [3.63, 3.8) is 0 Å². The predicted octanol–water partition coefficient (Wildman–Crippen LogP) is 20.5. The summed E-state index contributed by atoms with van der Waals surface area (Å²) in [7, 11) is -56.9. The summed E-state index contributed by atoms with van der Waals surface area (Å²) in [5.74, 6) is 0. The van der Waals surface area contributed by atoms with Gasteiger partial charge in [-0.25, -0.2) is 0 Å². The van der Waals surface area contributed by atoms with Crippen molar-refractivity contribution in [3.8, 4) is 0 Å². The Kier molecular flexibility index (Phi) is 42.9. The monoisotopic (exact) mass is 1880 g/mol. The standard InChI is InChI=1S/C61H168O23Si22/c1-47-49-55-85(3,4)65-89(11,12)69-93(19,20)73-97(27,28)77-101(35,36)81-105(43,44)83-103(39,40)79-99(31,32)75-95(23,24)71-91(15,16)67-87(7,8)57-51-53-63-59-61(62)60-64-54-52-58-88(9,10)68-92(17,18)72-96(25,26)76-100(33,34)80-104(41,42)84-106(45,46)82-102(37,38)78-98(29,30)74-94(21,22)70-90(13,14)66-86(5,6)56-50-48-2/h61-62H,47-60H2,1-46H3. The van der Waals surface area contributed by atoms with Crippen molar-refractivity contribution < 1.29 is 96.9 Å². The van der Waals surface area contributed by atoms with Crippen LogP contribution in [0.2, 0.25) is 312 Å². The number of hydrogen-bond acceptors (Lipinski definition) is 23. The third-order valence-electron chi connectivity index (χ3n) is 15.0. The molecule has 0 heterocycles. The van der Waals surface area contributed by atoms with E-state index in [9.17, 15) is 5.11 Å². The maximum Gasteiger partial charge on any atom is 0.314 e. The average Bonchev–Trinajstić information content (AvgIpc) is 0.808. The Balaban J connectivity index is 5.24. The smallest absolute Gasteiger partial charge is 0.314 e. The first kappa shape index (κ1) is 110. The van der Waals surface area contributed by atoms with Crippen LogP contribution in [0.15, 0.2) is 0 Å². The zero-order valence-electron chi connectivity index (χ0n) is 76.9. The Bertz CT molecular complexity index is 2430. The highest BCUT2D eigenvalue weighted by Crippen LogP contribution is 2.36. The molecule has 0 fully saturated rings. The van der Waals surface area contributed by atoms with Gasteiger partial charge in [0.05, 0.1) is 13.2 Å². The van der Waals surface area contributed by atoms with Gasteiger partial charge in [0.1, 0.15) is 6.10 Å². The number of rotatable bonds is 58. The Morgan fingerprint density at radius 2 is 0.292 bits per heavy atom. The topological polar surface area (TPSA) is 223 Å². The average molecular weight is 1890 g/mol. The third-order valence-corrected chi connectivity index (χ3v) is 101. The summed E-state index contributed by atoms with van der Waals surface area (Å²) in [6.07, 6.45) is 5.56. The number of aliphatic hydroxyl groups is 1. The van der Waals surface area contributed by atoms with Crippen LogP contribution in [0.5, 0.6) is 0 Å². The zero-order valence-corrected chi connectivity index (χ0v) is 98.9. The highest BCUT2D eigenvalue weighted by atomic mass is 28.6. The molecule has 0 aromatic heterocycles. The fourth-order valence-corrected chi connectivity index (χ4v) is 128. The molecule has 0 aromatic rings.